The Morgan fingerprint density at radius 1 is 1.14 bits per heavy atom. The summed E-state index contributed by atoms with van der Waals surface area (Å²) in [4.78, 5) is 19.4. The number of nitrogens with zero attached hydrogens (tertiary/aromatic N) is 2. The van der Waals surface area contributed by atoms with Crippen LogP contribution in [-0.4, -0.2) is 50.7 Å². The molecule has 148 valence electrons. The monoisotopic (exact) mass is 380 g/mol. The normalized spacial score (nSPS) is 14.2. The summed E-state index contributed by atoms with van der Waals surface area (Å²) in [6.07, 6.45) is 3.50. The smallest absolute Gasteiger partial charge is 0.250 e. The lowest BCUT2D eigenvalue weighted by atomic mass is 9.92. The van der Waals surface area contributed by atoms with Crippen molar-refractivity contribution in [1.29, 1.82) is 0 Å². The average Bonchev–Trinajstić information content (AvgIpc) is 2.84. The molecule has 0 fully saturated rings. The SMILES string of the molecule is CON(C)C(=O)Cc1ccc2c(c1)/C(=C\CCN(C)C)c1ccccc1CO2. The van der Waals surface area contributed by atoms with Gasteiger partial charge in [-0.25, -0.2) is 5.06 Å². The fourth-order valence-corrected chi connectivity index (χ4v) is 3.31. The van der Waals surface area contributed by atoms with Gasteiger partial charge in [-0.2, -0.15) is 0 Å². The van der Waals surface area contributed by atoms with E-state index in [0.717, 1.165) is 29.8 Å². The fourth-order valence-electron chi connectivity index (χ4n) is 3.31. The van der Waals surface area contributed by atoms with Crippen molar-refractivity contribution < 1.29 is 14.4 Å². The van der Waals surface area contributed by atoms with Crippen LogP contribution in [0.4, 0.5) is 0 Å². The second-order valence-corrected chi connectivity index (χ2v) is 7.24. The van der Waals surface area contributed by atoms with E-state index in [1.165, 1.54) is 28.9 Å². The molecule has 0 spiro atoms. The summed E-state index contributed by atoms with van der Waals surface area (Å²) in [6.45, 7) is 1.51. The summed E-state index contributed by atoms with van der Waals surface area (Å²) >= 11 is 0. The van der Waals surface area contributed by atoms with E-state index < -0.39 is 0 Å². The molecular formula is C23H28N2O3. The molecule has 0 radical (unpaired) electrons. The highest BCUT2D eigenvalue weighted by Crippen LogP contribution is 2.37. The zero-order valence-corrected chi connectivity index (χ0v) is 17.1. The van der Waals surface area contributed by atoms with E-state index in [0.29, 0.717) is 6.61 Å². The predicted molar refractivity (Wildman–Crippen MR) is 111 cm³/mol. The number of hydrogen-bond acceptors (Lipinski definition) is 4. The Morgan fingerprint density at radius 3 is 2.68 bits per heavy atom. The summed E-state index contributed by atoms with van der Waals surface area (Å²) in [7, 11) is 7.27. The molecule has 1 aliphatic rings. The first-order valence-electron chi connectivity index (χ1n) is 9.49. The number of likely N-dealkylation sites (N-methyl/N-ethyl adjacent to an activating group) is 1. The highest BCUT2D eigenvalue weighted by molar-refractivity contribution is 5.86. The molecule has 0 atom stereocenters. The molecule has 5 nitrogen and oxygen atoms in total. The molecule has 0 bridgehead atoms. The van der Waals surface area contributed by atoms with Crippen LogP contribution in [-0.2, 0) is 22.7 Å². The van der Waals surface area contributed by atoms with Crippen molar-refractivity contribution in [2.24, 2.45) is 0 Å². The van der Waals surface area contributed by atoms with E-state index in [2.05, 4.69) is 49.3 Å². The highest BCUT2D eigenvalue weighted by atomic mass is 16.7. The lowest BCUT2D eigenvalue weighted by Gasteiger charge is -2.16. The van der Waals surface area contributed by atoms with Crippen LogP contribution in [0.25, 0.3) is 5.57 Å². The molecule has 0 unspecified atom stereocenters. The molecule has 0 aromatic heterocycles. The Kier molecular flexibility index (Phi) is 6.49. The molecule has 2 aromatic carbocycles. The molecule has 0 saturated carbocycles. The van der Waals surface area contributed by atoms with E-state index in [1.54, 1.807) is 7.05 Å². The molecule has 1 amide bonds. The minimum absolute atomic E-state index is 0.0875. The van der Waals surface area contributed by atoms with Gasteiger partial charge in [0, 0.05) is 19.2 Å². The minimum atomic E-state index is -0.0875. The van der Waals surface area contributed by atoms with Crippen LogP contribution in [0.3, 0.4) is 0 Å². The molecule has 0 saturated heterocycles. The molecule has 1 aliphatic heterocycles. The van der Waals surface area contributed by atoms with Gasteiger partial charge in [0.05, 0.1) is 13.5 Å². The Bertz CT molecular complexity index is 874. The topological polar surface area (TPSA) is 42.0 Å². The van der Waals surface area contributed by atoms with Crippen molar-refractivity contribution in [1.82, 2.24) is 9.96 Å². The zero-order valence-electron chi connectivity index (χ0n) is 17.1. The first kappa shape index (κ1) is 20.1. The molecule has 1 heterocycles. The largest absolute Gasteiger partial charge is 0.488 e. The van der Waals surface area contributed by atoms with Crippen molar-refractivity contribution in [3.05, 3.63) is 70.8 Å². The van der Waals surface area contributed by atoms with Crippen molar-refractivity contribution in [2.75, 3.05) is 34.8 Å². The second-order valence-electron chi connectivity index (χ2n) is 7.24. The van der Waals surface area contributed by atoms with E-state index >= 15 is 0 Å². The third-order valence-electron chi connectivity index (χ3n) is 4.93. The number of rotatable bonds is 6. The second kappa shape index (κ2) is 9.04. The number of benzene rings is 2. The number of carbonyl (C=O) groups excluding carboxylic acids is 1. The molecule has 3 rings (SSSR count). The van der Waals surface area contributed by atoms with Gasteiger partial charge in [0.25, 0.3) is 0 Å². The summed E-state index contributed by atoms with van der Waals surface area (Å²) in [5.41, 5.74) is 5.51. The van der Waals surface area contributed by atoms with Crippen molar-refractivity contribution in [2.45, 2.75) is 19.4 Å². The van der Waals surface area contributed by atoms with Gasteiger partial charge in [-0.05, 0) is 54.9 Å². The fraction of sp³-hybridized carbons (Fsp3) is 0.348. The zero-order chi connectivity index (χ0) is 20.1. The lowest BCUT2D eigenvalue weighted by molar-refractivity contribution is -0.167. The van der Waals surface area contributed by atoms with E-state index in [9.17, 15) is 4.79 Å². The van der Waals surface area contributed by atoms with Gasteiger partial charge in [0.1, 0.15) is 12.4 Å². The summed E-state index contributed by atoms with van der Waals surface area (Å²) in [5, 5.41) is 1.26. The maximum atomic E-state index is 12.3. The van der Waals surface area contributed by atoms with E-state index in [1.807, 2.05) is 18.2 Å². The van der Waals surface area contributed by atoms with Crippen LogP contribution in [0.2, 0.25) is 0 Å². The van der Waals surface area contributed by atoms with Crippen molar-refractivity contribution in [3.63, 3.8) is 0 Å². The maximum absolute atomic E-state index is 12.3. The maximum Gasteiger partial charge on any atom is 0.250 e. The third kappa shape index (κ3) is 4.61. The average molecular weight is 380 g/mol. The lowest BCUT2D eigenvalue weighted by Crippen LogP contribution is -2.26. The Hall–Kier alpha value is -2.63. The van der Waals surface area contributed by atoms with Crippen LogP contribution in [0.5, 0.6) is 5.75 Å². The predicted octanol–water partition coefficient (Wildman–Crippen LogP) is 3.52. The van der Waals surface area contributed by atoms with Crippen molar-refractivity contribution >= 4 is 11.5 Å². The molecule has 5 heteroatoms. The standard InChI is InChI=1S/C23H28N2O3/c1-24(2)13-7-10-20-19-9-6-5-8-18(19)16-28-22-12-11-17(14-21(20)22)15-23(26)25(3)27-4/h5-6,8-12,14H,7,13,15-16H2,1-4H3/b20-10-. The molecule has 28 heavy (non-hydrogen) atoms. The number of fused-ring (bicyclic) bond motifs is 2. The van der Waals surface area contributed by atoms with Crippen LogP contribution in [0.1, 0.15) is 28.7 Å². The number of carbonyl (C=O) groups is 1. The minimum Gasteiger partial charge on any atom is -0.488 e. The van der Waals surface area contributed by atoms with Crippen LogP contribution in [0, 0.1) is 0 Å². The molecule has 2 aromatic rings. The number of hydroxylamine groups is 2. The molecular weight excluding hydrogens is 352 g/mol. The van der Waals surface area contributed by atoms with Gasteiger partial charge in [-0.1, -0.05) is 36.4 Å². The Labute approximate surface area is 167 Å². The van der Waals surface area contributed by atoms with E-state index in [-0.39, 0.29) is 12.3 Å². The first-order valence-corrected chi connectivity index (χ1v) is 9.49. The third-order valence-corrected chi connectivity index (χ3v) is 4.93. The highest BCUT2D eigenvalue weighted by Gasteiger charge is 2.20. The van der Waals surface area contributed by atoms with Gasteiger partial charge in [-0.3, -0.25) is 9.63 Å². The van der Waals surface area contributed by atoms with Gasteiger partial charge >= 0.3 is 0 Å². The van der Waals surface area contributed by atoms with Gasteiger partial charge in [-0.15, -0.1) is 0 Å². The molecule has 0 N–H and O–H groups in total. The quantitative estimate of drug-likeness (QED) is 0.719. The van der Waals surface area contributed by atoms with Crippen molar-refractivity contribution in [3.8, 4) is 5.75 Å². The number of ether oxygens (including phenoxy) is 1. The number of amides is 1. The Morgan fingerprint density at radius 2 is 1.93 bits per heavy atom. The Balaban J connectivity index is 2.01. The first-order chi connectivity index (χ1) is 13.5. The summed E-state index contributed by atoms with van der Waals surface area (Å²) in [5.74, 6) is 0.763. The summed E-state index contributed by atoms with van der Waals surface area (Å²) < 4.78 is 6.09. The van der Waals surface area contributed by atoms with Crippen LogP contribution < -0.4 is 4.74 Å². The van der Waals surface area contributed by atoms with Gasteiger partial charge in [0.2, 0.25) is 5.91 Å². The molecule has 0 aliphatic carbocycles. The van der Waals surface area contributed by atoms with Gasteiger partial charge in [0.15, 0.2) is 0 Å². The van der Waals surface area contributed by atoms with Crippen LogP contribution in [0.15, 0.2) is 48.5 Å². The van der Waals surface area contributed by atoms with Gasteiger partial charge < -0.3 is 9.64 Å². The van der Waals surface area contributed by atoms with Crippen LogP contribution >= 0.6 is 0 Å². The number of hydrogen-bond donors (Lipinski definition) is 0. The van der Waals surface area contributed by atoms with E-state index in [4.69, 9.17) is 9.57 Å². The summed E-state index contributed by atoms with van der Waals surface area (Å²) in [6, 6.07) is 14.3.